The predicted molar refractivity (Wildman–Crippen MR) is 137 cm³/mol. The molecular formula is C25H23FN6O3S. The third-order valence-electron chi connectivity index (χ3n) is 6.62. The van der Waals surface area contributed by atoms with Crippen LogP contribution in [0.2, 0.25) is 0 Å². The van der Waals surface area contributed by atoms with E-state index in [1.807, 2.05) is 19.1 Å². The molecule has 4 heterocycles. The average Bonchev–Trinajstić information content (AvgIpc) is 2.86. The number of sulfone groups is 1. The summed E-state index contributed by atoms with van der Waals surface area (Å²) in [4.78, 5) is 13.2. The summed E-state index contributed by atoms with van der Waals surface area (Å²) in [6, 6.07) is 7.17. The number of hydrogen-bond acceptors (Lipinski definition) is 9. The van der Waals surface area contributed by atoms with Crippen LogP contribution in [0.4, 0.5) is 27.4 Å². The second-order valence-corrected chi connectivity index (χ2v) is 11.2. The van der Waals surface area contributed by atoms with Crippen molar-refractivity contribution < 1.29 is 17.5 Å². The molecule has 0 unspecified atom stereocenters. The van der Waals surface area contributed by atoms with Gasteiger partial charge in [-0.25, -0.2) is 27.8 Å². The number of fused-ring (bicyclic) bond motifs is 3. The van der Waals surface area contributed by atoms with Gasteiger partial charge in [0.2, 0.25) is 11.8 Å². The van der Waals surface area contributed by atoms with Crippen LogP contribution in [0.25, 0.3) is 22.0 Å². The minimum Gasteiger partial charge on any atom is -0.474 e. The normalized spacial score (nSPS) is 15.9. The van der Waals surface area contributed by atoms with Crippen LogP contribution in [-0.2, 0) is 22.0 Å². The maximum absolute atomic E-state index is 15.4. The third-order valence-corrected chi connectivity index (χ3v) is 8.20. The fourth-order valence-electron chi connectivity index (χ4n) is 4.71. The number of benzene rings is 2. The fourth-order valence-corrected chi connectivity index (χ4v) is 6.14. The molecule has 4 aromatic rings. The topological polar surface area (TPSA) is 132 Å². The molecule has 184 valence electrons. The van der Waals surface area contributed by atoms with Crippen LogP contribution in [0.3, 0.4) is 0 Å². The number of nitrogens with two attached hydrogens (primary N) is 1. The Kier molecular flexibility index (Phi) is 5.18. The highest BCUT2D eigenvalue weighted by molar-refractivity contribution is 7.90. The van der Waals surface area contributed by atoms with Crippen molar-refractivity contribution in [1.82, 2.24) is 15.0 Å². The molecular weight excluding hydrogens is 483 g/mol. The van der Waals surface area contributed by atoms with Crippen LogP contribution >= 0.6 is 0 Å². The lowest BCUT2D eigenvalue weighted by Gasteiger charge is -2.22. The molecule has 0 amide bonds. The van der Waals surface area contributed by atoms with Gasteiger partial charge in [0.1, 0.15) is 12.3 Å². The zero-order valence-corrected chi connectivity index (χ0v) is 20.2. The van der Waals surface area contributed by atoms with E-state index in [0.29, 0.717) is 53.4 Å². The largest absolute Gasteiger partial charge is 0.474 e. The maximum Gasteiger partial charge on any atom is 0.237 e. The lowest BCUT2D eigenvalue weighted by Crippen LogP contribution is -2.20. The van der Waals surface area contributed by atoms with E-state index in [2.05, 4.69) is 25.6 Å². The Morgan fingerprint density at radius 3 is 2.86 bits per heavy atom. The lowest BCUT2D eigenvalue weighted by atomic mass is 9.98. The van der Waals surface area contributed by atoms with Crippen molar-refractivity contribution in [3.8, 4) is 17.0 Å². The highest BCUT2D eigenvalue weighted by Crippen LogP contribution is 2.39. The van der Waals surface area contributed by atoms with E-state index in [1.165, 1.54) is 6.20 Å². The quantitative estimate of drug-likeness (QED) is 0.356. The number of aryl methyl sites for hydroxylation is 1. The van der Waals surface area contributed by atoms with Crippen LogP contribution in [0.15, 0.2) is 36.7 Å². The van der Waals surface area contributed by atoms with Crippen molar-refractivity contribution in [3.05, 3.63) is 59.2 Å². The van der Waals surface area contributed by atoms with E-state index in [4.69, 9.17) is 10.5 Å². The van der Waals surface area contributed by atoms with Crippen molar-refractivity contribution in [2.75, 3.05) is 35.3 Å². The van der Waals surface area contributed by atoms with Crippen LogP contribution < -0.4 is 21.1 Å². The summed E-state index contributed by atoms with van der Waals surface area (Å²) < 4.78 is 44.8. The fraction of sp³-hybridized carbons (Fsp3) is 0.240. The summed E-state index contributed by atoms with van der Waals surface area (Å²) in [5.41, 5.74) is 11.6. The van der Waals surface area contributed by atoms with Gasteiger partial charge in [-0.3, -0.25) is 0 Å². The molecule has 0 radical (unpaired) electrons. The van der Waals surface area contributed by atoms with E-state index >= 15 is 4.39 Å². The molecule has 2 aromatic carbocycles. The van der Waals surface area contributed by atoms with Gasteiger partial charge in [0.05, 0.1) is 22.7 Å². The first kappa shape index (κ1) is 22.5. The number of nitrogens with one attached hydrogen (secondary N) is 2. The Morgan fingerprint density at radius 1 is 1.14 bits per heavy atom. The van der Waals surface area contributed by atoms with Crippen LogP contribution in [0.1, 0.15) is 16.7 Å². The van der Waals surface area contributed by atoms with Crippen LogP contribution in [-0.4, -0.2) is 42.3 Å². The number of ether oxygens (including phenoxy) is 1. The molecule has 0 saturated carbocycles. The van der Waals surface area contributed by atoms with Gasteiger partial charge in [0.25, 0.3) is 0 Å². The first-order valence-corrected chi connectivity index (χ1v) is 13.3. The molecule has 2 aliphatic heterocycles. The SMILES string of the molecule is Cc1c(-c2cc3nc(Nc4ccc5c(c4)CCS(=O)(=O)C5)ncc3c(N)c2F)cnc2c1NCCO2. The number of nitrogen functional groups attached to an aromatic ring is 1. The van der Waals surface area contributed by atoms with Crippen molar-refractivity contribution in [1.29, 1.82) is 0 Å². The Balaban J connectivity index is 1.38. The van der Waals surface area contributed by atoms with Crippen LogP contribution in [0, 0.1) is 12.7 Å². The van der Waals surface area contributed by atoms with Gasteiger partial charge < -0.3 is 21.1 Å². The Bertz CT molecular complexity index is 1660. The second kappa shape index (κ2) is 8.30. The van der Waals surface area contributed by atoms with Crippen molar-refractivity contribution in [2.24, 2.45) is 0 Å². The lowest BCUT2D eigenvalue weighted by molar-refractivity contribution is 0.310. The number of rotatable bonds is 3. The van der Waals surface area contributed by atoms with Gasteiger partial charge >= 0.3 is 0 Å². The summed E-state index contributed by atoms with van der Waals surface area (Å²) in [7, 11) is -3.04. The summed E-state index contributed by atoms with van der Waals surface area (Å²) >= 11 is 0. The first-order chi connectivity index (χ1) is 17.3. The van der Waals surface area contributed by atoms with E-state index < -0.39 is 15.7 Å². The Hall–Kier alpha value is -3.99. The first-order valence-electron chi connectivity index (χ1n) is 11.5. The highest BCUT2D eigenvalue weighted by Gasteiger charge is 2.23. The molecule has 0 saturated heterocycles. The number of halogens is 1. The number of nitrogens with zero attached hydrogens (tertiary/aromatic N) is 3. The molecule has 0 atom stereocenters. The molecule has 2 aliphatic rings. The number of aromatic nitrogens is 3. The molecule has 0 fully saturated rings. The standard InChI is InChI=1S/C25H23FN6O3S/c1-13-18(10-29-24-23(13)28-5-6-35-24)17-9-20-19(22(27)21(17)26)11-30-25(32-20)31-16-3-2-15-12-36(33,34)7-4-14(15)8-16/h2-3,8-11,28H,4-7,12,27H2,1H3,(H,30,31,32). The van der Waals surface area contributed by atoms with E-state index in [0.717, 1.165) is 28.1 Å². The zero-order valence-electron chi connectivity index (χ0n) is 19.4. The number of pyridine rings is 1. The van der Waals surface area contributed by atoms with Crippen molar-refractivity contribution >= 4 is 43.8 Å². The third kappa shape index (κ3) is 3.85. The molecule has 36 heavy (non-hydrogen) atoms. The number of anilines is 4. The second-order valence-electron chi connectivity index (χ2n) is 8.98. The summed E-state index contributed by atoms with van der Waals surface area (Å²) in [5, 5.41) is 6.84. The zero-order chi connectivity index (χ0) is 25.0. The predicted octanol–water partition coefficient (Wildman–Crippen LogP) is 3.74. The molecule has 4 N–H and O–H groups in total. The maximum atomic E-state index is 15.4. The summed E-state index contributed by atoms with van der Waals surface area (Å²) in [6.07, 6.45) is 3.54. The molecule has 0 aliphatic carbocycles. The molecule has 6 rings (SSSR count). The van der Waals surface area contributed by atoms with Gasteiger partial charge in [-0.15, -0.1) is 0 Å². The smallest absolute Gasteiger partial charge is 0.237 e. The van der Waals surface area contributed by atoms with Gasteiger partial charge in [-0.1, -0.05) is 6.07 Å². The van der Waals surface area contributed by atoms with E-state index in [1.54, 1.807) is 18.3 Å². The molecule has 9 nitrogen and oxygen atoms in total. The minimum atomic E-state index is -3.04. The summed E-state index contributed by atoms with van der Waals surface area (Å²) in [6.45, 7) is 3.04. The van der Waals surface area contributed by atoms with Gasteiger partial charge in [-0.2, -0.15) is 0 Å². The molecule has 2 aromatic heterocycles. The van der Waals surface area contributed by atoms with E-state index in [9.17, 15) is 8.42 Å². The average molecular weight is 507 g/mol. The van der Waals surface area contributed by atoms with Crippen LogP contribution in [0.5, 0.6) is 5.88 Å². The van der Waals surface area contributed by atoms with Gasteiger partial charge in [0, 0.05) is 41.1 Å². The summed E-state index contributed by atoms with van der Waals surface area (Å²) in [5.74, 6) is 0.452. The molecule has 0 spiro atoms. The van der Waals surface area contributed by atoms with Gasteiger partial charge in [0.15, 0.2) is 15.7 Å². The highest BCUT2D eigenvalue weighted by atomic mass is 32.2. The van der Waals surface area contributed by atoms with Crippen molar-refractivity contribution in [2.45, 2.75) is 19.1 Å². The molecule has 0 bridgehead atoms. The van der Waals surface area contributed by atoms with E-state index in [-0.39, 0.29) is 17.2 Å². The monoisotopic (exact) mass is 506 g/mol. The van der Waals surface area contributed by atoms with Gasteiger partial charge in [-0.05, 0) is 48.2 Å². The Morgan fingerprint density at radius 2 is 2.00 bits per heavy atom. The Labute approximate surface area is 206 Å². The number of hydrogen-bond donors (Lipinski definition) is 3. The minimum absolute atomic E-state index is 0.0367. The van der Waals surface area contributed by atoms with Crippen molar-refractivity contribution in [3.63, 3.8) is 0 Å². The molecule has 11 heteroatoms.